The van der Waals surface area contributed by atoms with Gasteiger partial charge in [0, 0.05) is 39.2 Å². The molecule has 3 heterocycles. The first-order valence-electron chi connectivity index (χ1n) is 13.4. The number of anilines is 1. The fraction of sp³-hybridized carbons (Fsp3) is 0.188. The van der Waals surface area contributed by atoms with Gasteiger partial charge in [-0.05, 0) is 75.2 Å². The summed E-state index contributed by atoms with van der Waals surface area (Å²) in [5.74, 6) is 0.984. The second kappa shape index (κ2) is 11.6. The van der Waals surface area contributed by atoms with E-state index in [0.717, 1.165) is 38.3 Å². The Morgan fingerprint density at radius 2 is 1.66 bits per heavy atom. The molecule has 206 valence electrons. The zero-order valence-electron chi connectivity index (χ0n) is 23.3. The number of thioether (sulfide) groups is 1. The molecule has 0 bridgehead atoms. The Kier molecular flexibility index (Phi) is 7.75. The van der Waals surface area contributed by atoms with E-state index >= 15 is 0 Å². The molecule has 6 rings (SSSR count). The number of aromatic nitrogens is 4. The molecular formula is C32H29N5OS3. The van der Waals surface area contributed by atoms with Gasteiger partial charge in [0.2, 0.25) is 5.91 Å². The number of carbonyl (C=O) groups excluding carboxylic acids is 1. The Balaban J connectivity index is 1.13. The van der Waals surface area contributed by atoms with E-state index in [1.807, 2.05) is 24.3 Å². The lowest BCUT2D eigenvalue weighted by Crippen LogP contribution is -2.14. The summed E-state index contributed by atoms with van der Waals surface area (Å²) in [5.41, 5.74) is 8.70. The molecule has 0 unspecified atom stereocenters. The Bertz CT molecular complexity index is 1850. The highest BCUT2D eigenvalue weighted by Gasteiger charge is 2.20. The number of fused-ring (bicyclic) bond motifs is 1. The molecule has 0 saturated carbocycles. The number of carbonyl (C=O) groups is 1. The third-order valence-electron chi connectivity index (χ3n) is 6.88. The highest BCUT2D eigenvalue weighted by atomic mass is 32.2. The van der Waals surface area contributed by atoms with E-state index in [0.29, 0.717) is 6.54 Å². The van der Waals surface area contributed by atoms with Crippen molar-refractivity contribution in [3.63, 3.8) is 0 Å². The largest absolute Gasteiger partial charge is 0.325 e. The van der Waals surface area contributed by atoms with Gasteiger partial charge in [0.1, 0.15) is 5.01 Å². The smallest absolute Gasteiger partial charge is 0.234 e. The van der Waals surface area contributed by atoms with Crippen LogP contribution in [0, 0.1) is 20.8 Å². The molecular weight excluding hydrogens is 567 g/mol. The number of benzene rings is 3. The van der Waals surface area contributed by atoms with Crippen LogP contribution >= 0.6 is 34.4 Å². The molecule has 1 N–H and O–H groups in total. The van der Waals surface area contributed by atoms with E-state index in [4.69, 9.17) is 4.98 Å². The number of thiophene rings is 1. The molecule has 41 heavy (non-hydrogen) atoms. The molecule has 0 aliphatic carbocycles. The molecule has 0 aliphatic rings. The minimum atomic E-state index is -0.0860. The quantitative estimate of drug-likeness (QED) is 0.178. The monoisotopic (exact) mass is 595 g/mol. The lowest BCUT2D eigenvalue weighted by Gasteiger charge is -2.10. The zero-order chi connectivity index (χ0) is 28.5. The number of amides is 1. The van der Waals surface area contributed by atoms with Crippen LogP contribution in [0.5, 0.6) is 0 Å². The molecule has 9 heteroatoms. The fourth-order valence-electron chi connectivity index (χ4n) is 4.76. The van der Waals surface area contributed by atoms with Gasteiger partial charge < -0.3 is 9.88 Å². The SMILES string of the molecule is CCn1c(SCC(=O)Nc2ccc(-c3nc4ccc(C)cc4s3)cc2)nnc1-c1csc(C)c1-c1ccc(C)cc1. The zero-order valence-corrected chi connectivity index (χ0v) is 25.7. The highest BCUT2D eigenvalue weighted by molar-refractivity contribution is 7.99. The fourth-order valence-corrected chi connectivity index (χ4v) is 7.49. The molecule has 6 nitrogen and oxygen atoms in total. The maximum absolute atomic E-state index is 12.8. The van der Waals surface area contributed by atoms with Crippen molar-refractivity contribution in [1.82, 2.24) is 19.7 Å². The van der Waals surface area contributed by atoms with Crippen LogP contribution in [0.15, 0.2) is 77.3 Å². The Morgan fingerprint density at radius 3 is 2.41 bits per heavy atom. The molecule has 6 aromatic rings. The first-order valence-corrected chi connectivity index (χ1v) is 16.1. The average molecular weight is 596 g/mol. The van der Waals surface area contributed by atoms with Crippen LogP contribution in [-0.4, -0.2) is 31.4 Å². The van der Waals surface area contributed by atoms with Gasteiger partial charge in [-0.2, -0.15) is 0 Å². The molecule has 0 fully saturated rings. The van der Waals surface area contributed by atoms with Crippen LogP contribution < -0.4 is 5.32 Å². The molecule has 3 aromatic carbocycles. The summed E-state index contributed by atoms with van der Waals surface area (Å²) in [5, 5.41) is 15.9. The van der Waals surface area contributed by atoms with Crippen LogP contribution in [0.2, 0.25) is 0 Å². The lowest BCUT2D eigenvalue weighted by atomic mass is 10.0. The van der Waals surface area contributed by atoms with Gasteiger partial charge in [-0.25, -0.2) is 4.98 Å². The summed E-state index contributed by atoms with van der Waals surface area (Å²) >= 11 is 4.80. The third-order valence-corrected chi connectivity index (χ3v) is 9.83. The van der Waals surface area contributed by atoms with Crippen molar-refractivity contribution in [2.45, 2.75) is 39.4 Å². The van der Waals surface area contributed by atoms with Crippen LogP contribution in [0.4, 0.5) is 5.69 Å². The number of thiazole rings is 1. The van der Waals surface area contributed by atoms with Crippen molar-refractivity contribution in [3.8, 4) is 33.1 Å². The maximum Gasteiger partial charge on any atom is 0.234 e. The topological polar surface area (TPSA) is 72.7 Å². The van der Waals surface area contributed by atoms with Gasteiger partial charge in [-0.1, -0.05) is 47.7 Å². The van der Waals surface area contributed by atoms with Crippen molar-refractivity contribution >= 4 is 56.2 Å². The summed E-state index contributed by atoms with van der Waals surface area (Å²) in [6, 6.07) is 22.7. The summed E-state index contributed by atoms with van der Waals surface area (Å²) in [7, 11) is 0. The van der Waals surface area contributed by atoms with Gasteiger partial charge >= 0.3 is 0 Å². The minimum absolute atomic E-state index is 0.0860. The summed E-state index contributed by atoms with van der Waals surface area (Å²) in [4.78, 5) is 18.8. The van der Waals surface area contributed by atoms with Crippen molar-refractivity contribution in [3.05, 3.63) is 88.1 Å². The summed E-state index contributed by atoms with van der Waals surface area (Å²) < 4.78 is 3.27. The number of nitrogens with one attached hydrogen (secondary N) is 1. The highest BCUT2D eigenvalue weighted by Crippen LogP contribution is 2.39. The number of hydrogen-bond donors (Lipinski definition) is 1. The van der Waals surface area contributed by atoms with E-state index < -0.39 is 0 Å². The molecule has 3 aromatic heterocycles. The summed E-state index contributed by atoms with van der Waals surface area (Å²) in [6.07, 6.45) is 0. The molecule has 0 aliphatic heterocycles. The van der Waals surface area contributed by atoms with Gasteiger partial charge in [0.15, 0.2) is 11.0 Å². The maximum atomic E-state index is 12.8. The molecule has 0 spiro atoms. The van der Waals surface area contributed by atoms with Gasteiger partial charge in [-0.3, -0.25) is 4.79 Å². The number of hydrogen-bond acceptors (Lipinski definition) is 7. The van der Waals surface area contributed by atoms with E-state index in [1.54, 1.807) is 22.7 Å². The van der Waals surface area contributed by atoms with Crippen LogP contribution in [0.25, 0.3) is 43.3 Å². The lowest BCUT2D eigenvalue weighted by molar-refractivity contribution is -0.113. The standard InChI is InChI=1S/C32H29N5OS3/c1-5-37-30(25-17-39-21(4)29(25)22-9-6-19(2)7-10-22)35-36-32(37)40-18-28(38)33-24-13-11-23(12-14-24)31-34-26-15-8-20(3)16-27(26)41-31/h6-17H,5,18H2,1-4H3,(H,33,38). The average Bonchev–Trinajstić information content (AvgIpc) is 3.68. The molecule has 0 saturated heterocycles. The predicted molar refractivity (Wildman–Crippen MR) is 173 cm³/mol. The number of rotatable bonds is 8. The Labute approximate surface area is 251 Å². The molecule has 0 atom stereocenters. The van der Waals surface area contributed by atoms with Crippen molar-refractivity contribution in [2.24, 2.45) is 0 Å². The van der Waals surface area contributed by atoms with E-state index in [2.05, 4.69) is 95.6 Å². The molecule has 1 amide bonds. The third kappa shape index (κ3) is 5.70. The first-order chi connectivity index (χ1) is 19.9. The number of nitrogens with zero attached hydrogens (tertiary/aromatic N) is 4. The first kappa shape index (κ1) is 27.4. The second-order valence-electron chi connectivity index (χ2n) is 9.90. The Morgan fingerprint density at radius 1 is 0.927 bits per heavy atom. The number of aryl methyl sites for hydroxylation is 3. The van der Waals surface area contributed by atoms with Crippen LogP contribution in [-0.2, 0) is 11.3 Å². The van der Waals surface area contributed by atoms with E-state index in [9.17, 15) is 4.79 Å². The van der Waals surface area contributed by atoms with Crippen molar-refractivity contribution in [1.29, 1.82) is 0 Å². The van der Waals surface area contributed by atoms with Gasteiger partial charge in [-0.15, -0.1) is 32.9 Å². The van der Waals surface area contributed by atoms with Gasteiger partial charge in [0.25, 0.3) is 0 Å². The Hall–Kier alpha value is -3.79. The van der Waals surface area contributed by atoms with E-state index in [1.165, 1.54) is 43.6 Å². The minimum Gasteiger partial charge on any atom is -0.325 e. The van der Waals surface area contributed by atoms with Gasteiger partial charge in [0.05, 0.1) is 16.0 Å². The van der Waals surface area contributed by atoms with Crippen molar-refractivity contribution < 1.29 is 4.79 Å². The molecule has 0 radical (unpaired) electrons. The van der Waals surface area contributed by atoms with Crippen LogP contribution in [0.1, 0.15) is 22.9 Å². The predicted octanol–water partition coefficient (Wildman–Crippen LogP) is 8.63. The normalized spacial score (nSPS) is 11.3. The summed E-state index contributed by atoms with van der Waals surface area (Å²) in [6.45, 7) is 9.12. The van der Waals surface area contributed by atoms with Crippen molar-refractivity contribution in [2.75, 3.05) is 11.1 Å². The second-order valence-corrected chi connectivity index (χ2v) is 13.0. The van der Waals surface area contributed by atoms with Crippen LogP contribution in [0.3, 0.4) is 0 Å². The van der Waals surface area contributed by atoms with E-state index in [-0.39, 0.29) is 11.7 Å².